The zero-order valence-corrected chi connectivity index (χ0v) is 6.04. The Bertz CT molecular complexity index is 187. The van der Waals surface area contributed by atoms with Gasteiger partial charge in [-0.3, -0.25) is 0 Å². The van der Waals surface area contributed by atoms with Crippen molar-refractivity contribution < 1.29 is 57.5 Å². The Kier molecular flexibility index (Phi) is 5.08. The maximum atomic E-state index is 8.69. The van der Waals surface area contributed by atoms with Crippen molar-refractivity contribution in [3.8, 4) is 0 Å². The van der Waals surface area contributed by atoms with E-state index in [9.17, 15) is 0 Å². The van der Waals surface area contributed by atoms with Crippen LogP contribution in [0.4, 0.5) is 0 Å². The van der Waals surface area contributed by atoms with Crippen molar-refractivity contribution in [2.45, 2.75) is 0 Å². The van der Waals surface area contributed by atoms with Crippen molar-refractivity contribution in [3.05, 3.63) is 0 Å². The van der Waals surface area contributed by atoms with Gasteiger partial charge in [0.2, 0.25) is 0 Å². The fourth-order valence-electron chi connectivity index (χ4n) is 0. The minimum atomic E-state index is -5.38. The van der Waals surface area contributed by atoms with Crippen molar-refractivity contribution >= 4 is 0 Å². The van der Waals surface area contributed by atoms with E-state index in [1.165, 1.54) is 0 Å². The van der Waals surface area contributed by atoms with Gasteiger partial charge in [-0.2, -0.15) is 14.0 Å². The van der Waals surface area contributed by atoms with Gasteiger partial charge in [-0.05, 0) is 0 Å². The standard InChI is InChI=1S/ClHO4.Mn.H2O.3O/c2-1(3,4)5;;;;;/h(H,2,3,4,5);;1H2;;;/q;+1;;;;/p-1. The summed E-state index contributed by atoms with van der Waals surface area (Å²) in [5.74, 6) is 0. The van der Waals surface area contributed by atoms with Gasteiger partial charge >= 0.3 is 28.7 Å². The summed E-state index contributed by atoms with van der Waals surface area (Å²) in [5.41, 5.74) is 0. The molecule has 0 fully saturated rings. The molecule has 10 heavy (non-hydrogen) atoms. The molecule has 0 atom stereocenters. The van der Waals surface area contributed by atoms with Crippen LogP contribution in [-0.4, -0.2) is 8.85 Å². The molecule has 0 aromatic heterocycles. The van der Waals surface area contributed by atoms with Crippen LogP contribution in [0.2, 0.25) is 0 Å². The van der Waals surface area contributed by atoms with E-state index in [1.54, 1.807) is 0 Å². The molecule has 0 aromatic rings. The fourth-order valence-corrected chi connectivity index (χ4v) is 0. The second-order valence-corrected chi connectivity index (χ2v) is 2.82. The maximum absolute atomic E-state index is 8.69. The molecule has 0 aliphatic carbocycles. The summed E-state index contributed by atoms with van der Waals surface area (Å²) in [6.45, 7) is 0. The van der Waals surface area contributed by atoms with Crippen LogP contribution >= 0.6 is 0 Å². The van der Waals surface area contributed by atoms with Crippen LogP contribution in [0.15, 0.2) is 0 Å². The van der Waals surface area contributed by atoms with E-state index in [4.69, 9.17) is 34.3 Å². The molecule has 0 unspecified atom stereocenters. The first-order chi connectivity index (χ1) is 4.00. The molecule has 0 radical (unpaired) electrons. The van der Waals surface area contributed by atoms with Gasteiger partial charge < -0.3 is 0 Å². The van der Waals surface area contributed by atoms with Crippen LogP contribution in [0.5, 0.6) is 0 Å². The third-order valence-corrected chi connectivity index (χ3v) is 0. The van der Waals surface area contributed by atoms with Crippen molar-refractivity contribution in [2.24, 2.45) is 0 Å². The number of hydrogen-bond acceptors (Lipinski definition) is 7. The Hall–Kier alpha value is 0.00948. The van der Waals surface area contributed by atoms with Gasteiger partial charge in [-0.1, -0.05) is 0 Å². The summed E-state index contributed by atoms with van der Waals surface area (Å²) in [7, 11) is -4.69. The van der Waals surface area contributed by atoms with E-state index in [1.807, 2.05) is 0 Å². The topological polar surface area (TPSA) is 161 Å². The van der Waals surface area contributed by atoms with Crippen LogP contribution in [0.25, 0.3) is 0 Å². The molecule has 64 valence electrons. The van der Waals surface area contributed by atoms with Crippen LogP contribution < -0.4 is 14.0 Å². The quantitative estimate of drug-likeness (QED) is 0.383. The van der Waals surface area contributed by atoms with Gasteiger partial charge in [0.25, 0.3) is 0 Å². The van der Waals surface area contributed by atoms with Crippen molar-refractivity contribution in [1.29, 1.82) is 0 Å². The van der Waals surface area contributed by atoms with Crippen LogP contribution in [-0.2, 0) is 24.5 Å². The molecule has 0 amide bonds. The molecule has 0 bridgehead atoms. The normalized spacial score (nSPS) is 11.7. The average molecular weight is 220 g/mol. The second-order valence-electron chi connectivity index (χ2n) is 0.792. The Morgan fingerprint density at radius 3 is 1.10 bits per heavy atom. The first-order valence-electron chi connectivity index (χ1n) is 1.26. The summed E-state index contributed by atoms with van der Waals surface area (Å²) in [6, 6.07) is 0. The van der Waals surface area contributed by atoms with E-state index < -0.39 is 23.2 Å². The third-order valence-electron chi connectivity index (χ3n) is 0. The van der Waals surface area contributed by atoms with E-state index in [0.29, 0.717) is 0 Å². The molecular formula is H2ClMnO8. The average Bonchev–Trinajstić information content (AvgIpc) is 1.12. The molecule has 0 heterocycles. The Morgan fingerprint density at radius 2 is 1.10 bits per heavy atom. The summed E-state index contributed by atoms with van der Waals surface area (Å²) in [5, 5.41) is 0. The molecule has 0 rings (SSSR count). The van der Waals surface area contributed by atoms with Gasteiger partial charge in [0, 0.05) is 0 Å². The fraction of sp³-hybridized carbons (Fsp3) is 0. The second kappa shape index (κ2) is 4.01. The summed E-state index contributed by atoms with van der Waals surface area (Å²) in [6.07, 6.45) is 0. The predicted octanol–water partition coefficient (Wildman–Crippen LogP) is -5.04. The van der Waals surface area contributed by atoms with Crippen LogP contribution in [0, 0.1) is 10.2 Å². The van der Waals surface area contributed by atoms with E-state index in [2.05, 4.69) is 0 Å². The van der Waals surface area contributed by atoms with E-state index >= 15 is 0 Å². The van der Waals surface area contributed by atoms with E-state index in [0.717, 1.165) is 0 Å². The molecular weight excluding hydrogens is 218 g/mol. The third kappa shape index (κ3) is 4380000. The Balaban J connectivity index is 0. The van der Waals surface area contributed by atoms with Gasteiger partial charge in [0.1, 0.15) is 0 Å². The molecule has 0 aliphatic rings. The van der Waals surface area contributed by atoms with Crippen molar-refractivity contribution in [1.82, 2.24) is 0 Å². The van der Waals surface area contributed by atoms with E-state index in [-0.39, 0.29) is 0 Å². The number of rotatable bonds is 0. The Labute approximate surface area is 58.2 Å². The van der Waals surface area contributed by atoms with Crippen molar-refractivity contribution in [2.75, 3.05) is 0 Å². The molecule has 0 aromatic carbocycles. The first-order valence-corrected chi connectivity index (χ1v) is 4.50. The summed E-state index contributed by atoms with van der Waals surface area (Å²) >= 11 is -5.38. The molecule has 0 saturated carbocycles. The first kappa shape index (κ1) is 12.7. The zero-order chi connectivity index (χ0) is 9.00. The Morgan fingerprint density at radius 1 is 1.10 bits per heavy atom. The molecule has 0 saturated heterocycles. The van der Waals surface area contributed by atoms with Crippen LogP contribution in [0.1, 0.15) is 0 Å². The molecule has 10 heteroatoms. The van der Waals surface area contributed by atoms with Gasteiger partial charge in [-0.15, -0.1) is 0 Å². The minimum absolute atomic E-state index is 4.69. The molecule has 2 N–H and O–H groups in total. The SMILES string of the molecule is [O-][Cl+3]([O-])([O-])O.[O]=[Mn](=[O])(=[O])[OH]. The summed E-state index contributed by atoms with van der Waals surface area (Å²) in [4.78, 5) is 0. The molecule has 0 spiro atoms. The number of hydrogen-bond donors (Lipinski definition) is 2. The van der Waals surface area contributed by atoms with Gasteiger partial charge in [0.15, 0.2) is 0 Å². The number of halogens is 1. The zero-order valence-electron chi connectivity index (χ0n) is 4.10. The summed E-state index contributed by atoms with van der Waals surface area (Å²) < 4.78 is 65.8. The van der Waals surface area contributed by atoms with Gasteiger partial charge in [0.05, 0.1) is 14.9 Å². The predicted molar refractivity (Wildman–Crippen MR) is 6.50 cm³/mol. The van der Waals surface area contributed by atoms with Crippen molar-refractivity contribution in [3.63, 3.8) is 0 Å². The molecule has 0 aliphatic heterocycles. The van der Waals surface area contributed by atoms with Crippen LogP contribution in [0.3, 0.4) is 0 Å². The monoisotopic (exact) mass is 220 g/mol. The molecule has 8 nitrogen and oxygen atoms in total. The van der Waals surface area contributed by atoms with Gasteiger partial charge in [-0.25, -0.2) is 0 Å².